The Labute approximate surface area is 108 Å². The number of benzene rings is 1. The molecule has 1 unspecified atom stereocenters. The van der Waals surface area contributed by atoms with Crippen LogP contribution >= 0.6 is 0 Å². The SMILES string of the molecule is Cc1ccc(CC(CCc2ccco2)NN)cc1. The van der Waals surface area contributed by atoms with E-state index in [1.54, 1.807) is 6.26 Å². The van der Waals surface area contributed by atoms with Crippen molar-refractivity contribution in [1.29, 1.82) is 0 Å². The quantitative estimate of drug-likeness (QED) is 0.606. The third kappa shape index (κ3) is 3.72. The number of aryl methyl sites for hydroxylation is 2. The van der Waals surface area contributed by atoms with E-state index in [1.807, 2.05) is 12.1 Å². The Kier molecular flexibility index (Phi) is 4.56. The first-order valence-corrected chi connectivity index (χ1v) is 6.32. The molecule has 1 heterocycles. The van der Waals surface area contributed by atoms with Crippen molar-refractivity contribution in [3.05, 3.63) is 59.5 Å². The molecule has 2 aromatic rings. The molecule has 18 heavy (non-hydrogen) atoms. The van der Waals surface area contributed by atoms with Crippen LogP contribution in [0.5, 0.6) is 0 Å². The number of rotatable bonds is 6. The fourth-order valence-electron chi connectivity index (χ4n) is 2.02. The van der Waals surface area contributed by atoms with Crippen LogP contribution in [-0.4, -0.2) is 6.04 Å². The number of nitrogens with one attached hydrogen (secondary N) is 1. The van der Waals surface area contributed by atoms with Crippen LogP contribution < -0.4 is 11.3 Å². The largest absolute Gasteiger partial charge is 0.469 e. The molecule has 0 spiro atoms. The molecule has 0 aliphatic heterocycles. The van der Waals surface area contributed by atoms with E-state index < -0.39 is 0 Å². The zero-order valence-corrected chi connectivity index (χ0v) is 10.7. The fraction of sp³-hybridized carbons (Fsp3) is 0.333. The summed E-state index contributed by atoms with van der Waals surface area (Å²) in [7, 11) is 0. The average molecular weight is 244 g/mol. The first-order chi connectivity index (χ1) is 8.78. The standard InChI is InChI=1S/C15H20N2O/c1-12-4-6-13(7-5-12)11-14(17-16)8-9-15-3-2-10-18-15/h2-7,10,14,17H,8-9,11,16H2,1H3. The molecular weight excluding hydrogens is 224 g/mol. The molecule has 0 fully saturated rings. The van der Waals surface area contributed by atoms with Crippen molar-refractivity contribution in [1.82, 2.24) is 5.43 Å². The molecule has 3 heteroatoms. The average Bonchev–Trinajstić information content (AvgIpc) is 2.90. The van der Waals surface area contributed by atoms with Gasteiger partial charge in [0.2, 0.25) is 0 Å². The summed E-state index contributed by atoms with van der Waals surface area (Å²) >= 11 is 0. The maximum Gasteiger partial charge on any atom is 0.103 e. The first-order valence-electron chi connectivity index (χ1n) is 6.32. The zero-order chi connectivity index (χ0) is 12.8. The van der Waals surface area contributed by atoms with Crippen molar-refractivity contribution in [3.63, 3.8) is 0 Å². The van der Waals surface area contributed by atoms with Crippen molar-refractivity contribution in [2.45, 2.75) is 32.2 Å². The molecule has 0 bridgehead atoms. The molecule has 0 radical (unpaired) electrons. The number of hydrazine groups is 1. The lowest BCUT2D eigenvalue weighted by Gasteiger charge is -2.15. The van der Waals surface area contributed by atoms with Crippen molar-refractivity contribution in [3.8, 4) is 0 Å². The smallest absolute Gasteiger partial charge is 0.103 e. The summed E-state index contributed by atoms with van der Waals surface area (Å²) in [5, 5.41) is 0. The Balaban J connectivity index is 1.87. The maximum atomic E-state index is 5.61. The van der Waals surface area contributed by atoms with Gasteiger partial charge in [0.1, 0.15) is 5.76 Å². The molecule has 1 atom stereocenters. The molecule has 96 valence electrons. The lowest BCUT2D eigenvalue weighted by Crippen LogP contribution is -2.37. The monoisotopic (exact) mass is 244 g/mol. The van der Waals surface area contributed by atoms with Gasteiger partial charge in [0.15, 0.2) is 0 Å². The van der Waals surface area contributed by atoms with Crippen molar-refractivity contribution in [2.75, 3.05) is 0 Å². The molecule has 0 aliphatic carbocycles. The normalized spacial score (nSPS) is 12.6. The van der Waals surface area contributed by atoms with Crippen LogP contribution in [0.25, 0.3) is 0 Å². The molecule has 0 saturated carbocycles. The lowest BCUT2D eigenvalue weighted by molar-refractivity contribution is 0.447. The van der Waals surface area contributed by atoms with Gasteiger partial charge in [-0.15, -0.1) is 0 Å². The topological polar surface area (TPSA) is 51.2 Å². The van der Waals surface area contributed by atoms with Gasteiger partial charge in [0.25, 0.3) is 0 Å². The van der Waals surface area contributed by atoms with Gasteiger partial charge in [-0.2, -0.15) is 0 Å². The van der Waals surface area contributed by atoms with E-state index in [4.69, 9.17) is 10.3 Å². The molecule has 1 aromatic heterocycles. The van der Waals surface area contributed by atoms with E-state index >= 15 is 0 Å². The third-order valence-electron chi connectivity index (χ3n) is 3.16. The van der Waals surface area contributed by atoms with Gasteiger partial charge in [0, 0.05) is 12.5 Å². The van der Waals surface area contributed by atoms with Crippen LogP contribution in [0.15, 0.2) is 47.1 Å². The summed E-state index contributed by atoms with van der Waals surface area (Å²) in [4.78, 5) is 0. The van der Waals surface area contributed by atoms with Crippen molar-refractivity contribution < 1.29 is 4.42 Å². The van der Waals surface area contributed by atoms with E-state index in [0.717, 1.165) is 25.0 Å². The third-order valence-corrected chi connectivity index (χ3v) is 3.16. The molecule has 2 rings (SSSR count). The zero-order valence-electron chi connectivity index (χ0n) is 10.7. The molecule has 1 aromatic carbocycles. The van der Waals surface area contributed by atoms with E-state index in [9.17, 15) is 0 Å². The van der Waals surface area contributed by atoms with Crippen LogP contribution in [0, 0.1) is 6.92 Å². The van der Waals surface area contributed by atoms with Crippen LogP contribution in [0.4, 0.5) is 0 Å². The summed E-state index contributed by atoms with van der Waals surface area (Å²) in [6.07, 6.45) is 4.53. The van der Waals surface area contributed by atoms with Gasteiger partial charge in [0.05, 0.1) is 6.26 Å². The molecule has 3 nitrogen and oxygen atoms in total. The molecule has 0 amide bonds. The molecular formula is C15H20N2O. The lowest BCUT2D eigenvalue weighted by atomic mass is 10.0. The Morgan fingerprint density at radius 2 is 2.00 bits per heavy atom. The van der Waals surface area contributed by atoms with Crippen LogP contribution in [0.3, 0.4) is 0 Å². The summed E-state index contributed by atoms with van der Waals surface area (Å²) < 4.78 is 5.33. The van der Waals surface area contributed by atoms with Gasteiger partial charge in [-0.05, 0) is 37.5 Å². The Hall–Kier alpha value is -1.58. The number of furan rings is 1. The minimum atomic E-state index is 0.276. The van der Waals surface area contributed by atoms with Gasteiger partial charge in [-0.25, -0.2) is 0 Å². The van der Waals surface area contributed by atoms with Gasteiger partial charge in [-0.1, -0.05) is 29.8 Å². The molecule has 0 saturated heterocycles. The highest BCUT2D eigenvalue weighted by molar-refractivity contribution is 5.22. The van der Waals surface area contributed by atoms with Gasteiger partial charge < -0.3 is 4.42 Å². The predicted molar refractivity (Wildman–Crippen MR) is 73.0 cm³/mol. The van der Waals surface area contributed by atoms with Gasteiger partial charge >= 0.3 is 0 Å². The number of hydrogen-bond acceptors (Lipinski definition) is 3. The maximum absolute atomic E-state index is 5.61. The summed E-state index contributed by atoms with van der Waals surface area (Å²) in [5.74, 6) is 6.62. The number of nitrogens with two attached hydrogens (primary N) is 1. The second kappa shape index (κ2) is 6.38. The van der Waals surface area contributed by atoms with Crippen molar-refractivity contribution >= 4 is 0 Å². The Morgan fingerprint density at radius 1 is 1.22 bits per heavy atom. The minimum absolute atomic E-state index is 0.276. The van der Waals surface area contributed by atoms with E-state index in [1.165, 1.54) is 11.1 Å². The van der Waals surface area contributed by atoms with E-state index in [0.29, 0.717) is 0 Å². The minimum Gasteiger partial charge on any atom is -0.469 e. The molecule has 3 N–H and O–H groups in total. The second-order valence-electron chi connectivity index (χ2n) is 4.67. The Morgan fingerprint density at radius 3 is 2.61 bits per heavy atom. The van der Waals surface area contributed by atoms with Gasteiger partial charge in [-0.3, -0.25) is 11.3 Å². The van der Waals surface area contributed by atoms with Crippen molar-refractivity contribution in [2.24, 2.45) is 5.84 Å². The molecule has 0 aliphatic rings. The first kappa shape index (κ1) is 12.9. The van der Waals surface area contributed by atoms with E-state index in [-0.39, 0.29) is 6.04 Å². The highest BCUT2D eigenvalue weighted by atomic mass is 16.3. The highest BCUT2D eigenvalue weighted by Crippen LogP contribution is 2.11. The summed E-state index contributed by atoms with van der Waals surface area (Å²) in [6, 6.07) is 12.8. The fourth-order valence-corrected chi connectivity index (χ4v) is 2.02. The van der Waals surface area contributed by atoms with Crippen LogP contribution in [0.1, 0.15) is 23.3 Å². The summed E-state index contributed by atoms with van der Waals surface area (Å²) in [5.41, 5.74) is 5.48. The Bertz CT molecular complexity index is 448. The van der Waals surface area contributed by atoms with Crippen LogP contribution in [-0.2, 0) is 12.8 Å². The summed E-state index contributed by atoms with van der Waals surface area (Å²) in [6.45, 7) is 2.10. The predicted octanol–water partition coefficient (Wildman–Crippen LogP) is 2.60. The van der Waals surface area contributed by atoms with E-state index in [2.05, 4.69) is 36.6 Å². The van der Waals surface area contributed by atoms with Crippen LogP contribution in [0.2, 0.25) is 0 Å². The second-order valence-corrected chi connectivity index (χ2v) is 4.67. The highest BCUT2D eigenvalue weighted by Gasteiger charge is 2.09. The number of hydrogen-bond donors (Lipinski definition) is 2.